The normalized spacial score (nSPS) is 10.5. The van der Waals surface area contributed by atoms with Gasteiger partial charge in [0.15, 0.2) is 5.65 Å². The Morgan fingerprint density at radius 2 is 2.08 bits per heavy atom. The third kappa shape index (κ3) is 1.22. The van der Waals surface area contributed by atoms with Gasteiger partial charge in [-0.2, -0.15) is 0 Å². The minimum atomic E-state index is -0.509. The lowest BCUT2D eigenvalue weighted by atomic mass is 10.4. The summed E-state index contributed by atoms with van der Waals surface area (Å²) in [5.74, 6) is 0.458. The summed E-state index contributed by atoms with van der Waals surface area (Å²) < 4.78 is 0. The highest BCUT2D eigenvalue weighted by Gasteiger charge is 2.01. The zero-order chi connectivity index (χ0) is 9.42. The predicted molar refractivity (Wildman–Crippen MR) is 45.5 cm³/mol. The predicted octanol–water partition coefficient (Wildman–Crippen LogP) is -0.685. The molecule has 6 nitrogen and oxygen atoms in total. The molecule has 0 saturated carbocycles. The van der Waals surface area contributed by atoms with E-state index in [1.807, 2.05) is 0 Å². The van der Waals surface area contributed by atoms with Crippen molar-refractivity contribution >= 4 is 11.0 Å². The lowest BCUT2D eigenvalue weighted by Gasteiger charge is -1.95. The summed E-state index contributed by atoms with van der Waals surface area (Å²) in [7, 11) is 0. The second kappa shape index (κ2) is 2.51. The number of H-pyrrole nitrogens is 2. The number of aromatic nitrogens is 4. The number of aryl methyl sites for hydroxylation is 1. The number of rotatable bonds is 0. The molecule has 2 rings (SSSR count). The molecule has 66 valence electrons. The van der Waals surface area contributed by atoms with E-state index in [0.29, 0.717) is 5.82 Å². The van der Waals surface area contributed by atoms with Gasteiger partial charge < -0.3 is 4.98 Å². The van der Waals surface area contributed by atoms with Crippen LogP contribution in [-0.4, -0.2) is 19.9 Å². The summed E-state index contributed by atoms with van der Waals surface area (Å²) >= 11 is 0. The molecule has 0 saturated heterocycles. The highest BCUT2D eigenvalue weighted by Crippen LogP contribution is 1.96. The van der Waals surface area contributed by atoms with Gasteiger partial charge in [0.05, 0.1) is 0 Å². The van der Waals surface area contributed by atoms with Crippen LogP contribution >= 0.6 is 0 Å². The third-order valence-corrected chi connectivity index (χ3v) is 1.61. The summed E-state index contributed by atoms with van der Waals surface area (Å²) in [6, 6.07) is 0. The molecule has 0 aliphatic heterocycles. The van der Waals surface area contributed by atoms with E-state index < -0.39 is 5.69 Å². The van der Waals surface area contributed by atoms with E-state index >= 15 is 0 Å². The van der Waals surface area contributed by atoms with Crippen LogP contribution in [0.25, 0.3) is 11.0 Å². The second-order valence-corrected chi connectivity index (χ2v) is 2.60. The number of hydrogen-bond donors (Lipinski definition) is 2. The molecule has 2 aromatic rings. The molecule has 0 atom stereocenters. The maximum absolute atomic E-state index is 11.3. The van der Waals surface area contributed by atoms with E-state index in [9.17, 15) is 9.59 Å². The Morgan fingerprint density at radius 3 is 2.85 bits per heavy atom. The lowest BCUT2D eigenvalue weighted by Crippen LogP contribution is -2.16. The van der Waals surface area contributed by atoms with Gasteiger partial charge >= 0.3 is 5.69 Å². The number of nitrogens with one attached hydrogen (secondary N) is 2. The Kier molecular flexibility index (Phi) is 1.48. The summed E-state index contributed by atoms with van der Waals surface area (Å²) in [5.41, 5.74) is -0.544. The van der Waals surface area contributed by atoms with Gasteiger partial charge in [0.2, 0.25) is 0 Å². The van der Waals surface area contributed by atoms with Gasteiger partial charge in [-0.15, -0.1) is 0 Å². The van der Waals surface area contributed by atoms with Crippen LogP contribution in [0.4, 0.5) is 0 Å². The first-order valence-corrected chi connectivity index (χ1v) is 3.63. The molecular formula is C7H6N4O2. The zero-order valence-electron chi connectivity index (χ0n) is 6.79. The van der Waals surface area contributed by atoms with Crippen molar-refractivity contribution in [3.05, 3.63) is 32.9 Å². The van der Waals surface area contributed by atoms with Gasteiger partial charge in [-0.3, -0.25) is 9.78 Å². The molecule has 0 unspecified atom stereocenters. The fraction of sp³-hybridized carbons (Fsp3) is 0.143. The van der Waals surface area contributed by atoms with Gasteiger partial charge in [0.1, 0.15) is 11.2 Å². The zero-order valence-corrected chi connectivity index (χ0v) is 6.79. The van der Waals surface area contributed by atoms with Crippen LogP contribution in [0.1, 0.15) is 5.82 Å². The number of hydrogen-bond acceptors (Lipinski definition) is 4. The summed E-state index contributed by atoms with van der Waals surface area (Å²) in [6.45, 7) is 1.64. The van der Waals surface area contributed by atoms with Gasteiger partial charge in [0.25, 0.3) is 5.56 Å². The van der Waals surface area contributed by atoms with Crippen LogP contribution in [-0.2, 0) is 0 Å². The van der Waals surface area contributed by atoms with Crippen molar-refractivity contribution in [2.45, 2.75) is 6.92 Å². The van der Waals surface area contributed by atoms with Crippen molar-refractivity contribution in [3.8, 4) is 0 Å². The Morgan fingerprint density at radius 1 is 1.31 bits per heavy atom. The van der Waals surface area contributed by atoms with E-state index in [1.54, 1.807) is 6.92 Å². The molecule has 2 aromatic heterocycles. The number of fused-ring (bicyclic) bond motifs is 1. The summed E-state index contributed by atoms with van der Waals surface area (Å²) in [5, 5.41) is 0.283. The first kappa shape index (κ1) is 7.66. The minimum absolute atomic E-state index is 0.265. The van der Waals surface area contributed by atoms with Crippen LogP contribution in [0.15, 0.2) is 15.8 Å². The van der Waals surface area contributed by atoms with Gasteiger partial charge in [-0.05, 0) is 6.92 Å². The molecule has 2 heterocycles. The van der Waals surface area contributed by atoms with E-state index in [0.717, 1.165) is 0 Å². The molecule has 0 radical (unpaired) electrons. The molecule has 6 heteroatoms. The summed E-state index contributed by atoms with van der Waals surface area (Å²) in [4.78, 5) is 34.3. The monoisotopic (exact) mass is 178 g/mol. The molecule has 0 bridgehead atoms. The van der Waals surface area contributed by atoms with E-state index in [4.69, 9.17) is 0 Å². The van der Waals surface area contributed by atoms with E-state index in [1.165, 1.54) is 6.20 Å². The molecule has 0 amide bonds. The molecule has 0 aliphatic carbocycles. The Bertz CT molecular complexity index is 568. The van der Waals surface area contributed by atoms with E-state index in [2.05, 4.69) is 19.9 Å². The highest BCUT2D eigenvalue weighted by molar-refractivity contribution is 5.71. The SMILES string of the molecule is Cc1nc2[nH]c(=O)ncc2c(=O)[nH]1. The molecule has 0 aliphatic rings. The average Bonchev–Trinajstić information content (AvgIpc) is 2.02. The Labute approximate surface area is 71.7 Å². The van der Waals surface area contributed by atoms with Crippen LogP contribution in [0.5, 0.6) is 0 Å². The maximum atomic E-state index is 11.3. The van der Waals surface area contributed by atoms with Gasteiger partial charge in [0, 0.05) is 6.20 Å². The van der Waals surface area contributed by atoms with Crippen LogP contribution in [0, 0.1) is 6.92 Å². The van der Waals surface area contributed by atoms with E-state index in [-0.39, 0.29) is 16.6 Å². The molecule has 0 fully saturated rings. The molecule has 0 spiro atoms. The third-order valence-electron chi connectivity index (χ3n) is 1.61. The number of aromatic amines is 2. The van der Waals surface area contributed by atoms with Crippen molar-refractivity contribution in [2.75, 3.05) is 0 Å². The molecule has 0 aromatic carbocycles. The van der Waals surface area contributed by atoms with Gasteiger partial charge in [-0.25, -0.2) is 14.8 Å². The molecule has 2 N–H and O–H groups in total. The molecular weight excluding hydrogens is 172 g/mol. The number of nitrogens with zero attached hydrogens (tertiary/aromatic N) is 2. The smallest absolute Gasteiger partial charge is 0.310 e. The standard InChI is InChI=1S/C7H6N4O2/c1-3-9-5-4(6(12)10-3)2-8-7(13)11-5/h2H,1H3,(H2,8,9,10,11,12,13). The largest absolute Gasteiger partial charge is 0.346 e. The fourth-order valence-corrected chi connectivity index (χ4v) is 1.07. The topological polar surface area (TPSA) is 91.5 Å². The van der Waals surface area contributed by atoms with Crippen molar-refractivity contribution in [2.24, 2.45) is 0 Å². The Balaban J connectivity index is 3.03. The van der Waals surface area contributed by atoms with Crippen LogP contribution < -0.4 is 11.2 Å². The first-order chi connectivity index (χ1) is 6.16. The lowest BCUT2D eigenvalue weighted by molar-refractivity contribution is 1.01. The second-order valence-electron chi connectivity index (χ2n) is 2.60. The first-order valence-electron chi connectivity index (χ1n) is 3.63. The average molecular weight is 178 g/mol. The Hall–Kier alpha value is -1.98. The fourth-order valence-electron chi connectivity index (χ4n) is 1.07. The highest BCUT2D eigenvalue weighted by atomic mass is 16.1. The molecule has 13 heavy (non-hydrogen) atoms. The quantitative estimate of drug-likeness (QED) is 0.558. The minimum Gasteiger partial charge on any atom is -0.310 e. The van der Waals surface area contributed by atoms with Crippen molar-refractivity contribution in [1.29, 1.82) is 0 Å². The maximum Gasteiger partial charge on any atom is 0.346 e. The van der Waals surface area contributed by atoms with Crippen molar-refractivity contribution in [3.63, 3.8) is 0 Å². The van der Waals surface area contributed by atoms with Crippen molar-refractivity contribution < 1.29 is 0 Å². The summed E-state index contributed by atoms with van der Waals surface area (Å²) in [6.07, 6.45) is 1.21. The van der Waals surface area contributed by atoms with Crippen LogP contribution in [0.3, 0.4) is 0 Å². The van der Waals surface area contributed by atoms with Gasteiger partial charge in [-0.1, -0.05) is 0 Å². The van der Waals surface area contributed by atoms with Crippen LogP contribution in [0.2, 0.25) is 0 Å². The van der Waals surface area contributed by atoms with Crippen molar-refractivity contribution in [1.82, 2.24) is 19.9 Å².